The van der Waals surface area contributed by atoms with Gasteiger partial charge < -0.3 is 19.5 Å². The van der Waals surface area contributed by atoms with E-state index in [0.717, 1.165) is 36.3 Å². The van der Waals surface area contributed by atoms with Gasteiger partial charge in [-0.3, -0.25) is 0 Å². The molecule has 2 bridgehead atoms. The second-order valence-corrected chi connectivity index (χ2v) is 7.45. The van der Waals surface area contributed by atoms with E-state index in [9.17, 15) is 5.11 Å². The number of aliphatic hydroxyl groups excluding tert-OH is 1. The lowest BCUT2D eigenvalue weighted by Crippen LogP contribution is -2.64. The highest BCUT2D eigenvalue weighted by Crippen LogP contribution is 2.63. The van der Waals surface area contributed by atoms with Crippen molar-refractivity contribution in [1.82, 2.24) is 4.90 Å². The minimum absolute atomic E-state index is 0.275. The molecule has 1 aromatic carbocycles. The maximum Gasteiger partial charge on any atom is 0.166 e. The lowest BCUT2D eigenvalue weighted by atomic mass is 9.53. The number of azide groups is 1. The largest absolute Gasteiger partial charge is 0.493 e. The van der Waals surface area contributed by atoms with Crippen LogP contribution in [0.2, 0.25) is 0 Å². The van der Waals surface area contributed by atoms with Crippen molar-refractivity contribution in [1.29, 1.82) is 0 Å². The number of piperidine rings is 1. The van der Waals surface area contributed by atoms with Crippen molar-refractivity contribution < 1.29 is 14.6 Å². The zero-order valence-corrected chi connectivity index (χ0v) is 14.2. The first-order valence-corrected chi connectivity index (χ1v) is 8.64. The highest BCUT2D eigenvalue weighted by molar-refractivity contribution is 5.70. The van der Waals surface area contributed by atoms with Crippen LogP contribution in [-0.4, -0.2) is 49.0 Å². The third-order valence-electron chi connectivity index (χ3n) is 6.61. The third-order valence-corrected chi connectivity index (χ3v) is 6.61. The second kappa shape index (κ2) is 4.91. The quantitative estimate of drug-likeness (QED) is 0.387. The molecule has 130 valence electrons. The molecule has 25 heavy (non-hydrogen) atoms. The van der Waals surface area contributed by atoms with E-state index < -0.39 is 6.10 Å². The summed E-state index contributed by atoms with van der Waals surface area (Å²) in [5.74, 6) is 1.57. The van der Waals surface area contributed by atoms with E-state index in [2.05, 4.69) is 28.0 Å². The molecule has 1 fully saturated rings. The highest BCUT2D eigenvalue weighted by atomic mass is 16.5. The van der Waals surface area contributed by atoms with Crippen LogP contribution < -0.4 is 9.47 Å². The molecule has 0 aromatic heterocycles. The summed E-state index contributed by atoms with van der Waals surface area (Å²) >= 11 is 0. The Morgan fingerprint density at radius 2 is 2.32 bits per heavy atom. The molecule has 2 heterocycles. The van der Waals surface area contributed by atoms with Crippen molar-refractivity contribution in [2.45, 2.75) is 36.5 Å². The maximum atomic E-state index is 10.6. The lowest BCUT2D eigenvalue weighted by Gasteiger charge is -2.56. The number of likely N-dealkylation sites (N-methyl/N-ethyl adjacent to an activating group) is 1. The Balaban J connectivity index is 1.86. The van der Waals surface area contributed by atoms with Gasteiger partial charge in [-0.25, -0.2) is 0 Å². The summed E-state index contributed by atoms with van der Waals surface area (Å²) in [4.78, 5) is 5.39. The number of ether oxygens (including phenoxy) is 2. The second-order valence-electron chi connectivity index (χ2n) is 7.45. The van der Waals surface area contributed by atoms with Gasteiger partial charge in [0.25, 0.3) is 0 Å². The summed E-state index contributed by atoms with van der Waals surface area (Å²) in [7, 11) is 3.73. The molecule has 7 nitrogen and oxygen atoms in total. The number of hydrogen-bond donors (Lipinski definition) is 1. The molecule has 1 N–H and O–H groups in total. The van der Waals surface area contributed by atoms with Gasteiger partial charge in [0.2, 0.25) is 0 Å². The highest BCUT2D eigenvalue weighted by Gasteiger charge is 2.64. The molecule has 2 aliphatic heterocycles. The average Bonchev–Trinajstić information content (AvgIpc) is 2.96. The van der Waals surface area contributed by atoms with Gasteiger partial charge in [-0.2, -0.15) is 0 Å². The van der Waals surface area contributed by atoms with Crippen LogP contribution in [0.3, 0.4) is 0 Å². The minimum atomic E-state index is -0.647. The molecule has 0 radical (unpaired) electrons. The fourth-order valence-electron chi connectivity index (χ4n) is 5.58. The van der Waals surface area contributed by atoms with Gasteiger partial charge in [0, 0.05) is 33.5 Å². The van der Waals surface area contributed by atoms with Crippen LogP contribution in [0.25, 0.3) is 10.4 Å². The van der Waals surface area contributed by atoms with Crippen LogP contribution in [0.15, 0.2) is 23.3 Å². The standard InChI is InChI=1S/C18H20N4O3/c1-22-6-5-18-10-3-4-13(23)17(18)25-16-14(24-2)8-11(20-21-19)9(15(16)18)7-12(10)22/h3-4,8,10,12-13,17,23H,5-7H2,1-2H3/t10-,12+,13-,17-,18-/m0/s1. The molecular formula is C18H20N4O3. The first kappa shape index (κ1) is 15.1. The SMILES string of the molecule is COc1cc(N=[N+]=[N-])c2c3c1O[C@H]1[C@@H](O)C=C[C@H]4[C@@H](C2)N(C)CC[C@@]341. The average molecular weight is 340 g/mol. The van der Waals surface area contributed by atoms with E-state index in [-0.39, 0.29) is 17.4 Å². The Morgan fingerprint density at radius 3 is 3.08 bits per heavy atom. The Bertz CT molecular complexity index is 847. The molecule has 5 atom stereocenters. The molecular weight excluding hydrogens is 320 g/mol. The Morgan fingerprint density at radius 1 is 1.48 bits per heavy atom. The molecule has 1 aromatic rings. The number of likely N-dealkylation sites (tertiary alicyclic amines) is 1. The summed E-state index contributed by atoms with van der Waals surface area (Å²) in [6.45, 7) is 0.953. The van der Waals surface area contributed by atoms with Crippen molar-refractivity contribution in [3.63, 3.8) is 0 Å². The van der Waals surface area contributed by atoms with Crippen LogP contribution in [0.4, 0.5) is 5.69 Å². The van der Waals surface area contributed by atoms with Gasteiger partial charge >= 0.3 is 0 Å². The summed E-state index contributed by atoms with van der Waals surface area (Å²) < 4.78 is 11.8. The molecule has 5 rings (SSSR count). The molecule has 0 saturated carbocycles. The van der Waals surface area contributed by atoms with E-state index in [1.54, 1.807) is 13.2 Å². The van der Waals surface area contributed by atoms with E-state index >= 15 is 0 Å². The first-order chi connectivity index (χ1) is 12.1. The fraction of sp³-hybridized carbons (Fsp3) is 0.556. The third kappa shape index (κ3) is 1.66. The molecule has 0 unspecified atom stereocenters. The van der Waals surface area contributed by atoms with Gasteiger partial charge in [0.05, 0.1) is 7.11 Å². The maximum absolute atomic E-state index is 10.6. The minimum Gasteiger partial charge on any atom is -0.493 e. The predicted octanol–water partition coefficient (Wildman–Crippen LogP) is 2.44. The van der Waals surface area contributed by atoms with Gasteiger partial charge in [0.1, 0.15) is 12.2 Å². The van der Waals surface area contributed by atoms with E-state index in [1.807, 2.05) is 6.08 Å². The van der Waals surface area contributed by atoms with E-state index in [4.69, 9.17) is 15.0 Å². The predicted molar refractivity (Wildman–Crippen MR) is 91.3 cm³/mol. The van der Waals surface area contributed by atoms with Gasteiger partial charge in [-0.05, 0) is 43.6 Å². The summed E-state index contributed by atoms with van der Waals surface area (Å²) in [5.41, 5.74) is 11.5. The van der Waals surface area contributed by atoms with Crippen molar-refractivity contribution in [3.8, 4) is 11.5 Å². The lowest BCUT2D eigenvalue weighted by molar-refractivity contribution is -0.0452. The zero-order valence-electron chi connectivity index (χ0n) is 14.2. The smallest absolute Gasteiger partial charge is 0.166 e. The van der Waals surface area contributed by atoms with Crippen molar-refractivity contribution in [2.75, 3.05) is 20.7 Å². The van der Waals surface area contributed by atoms with Crippen molar-refractivity contribution in [3.05, 3.63) is 39.8 Å². The van der Waals surface area contributed by atoms with Crippen molar-refractivity contribution in [2.24, 2.45) is 11.0 Å². The van der Waals surface area contributed by atoms with Gasteiger partial charge in [-0.1, -0.05) is 17.3 Å². The normalized spacial score (nSPS) is 37.1. The number of benzene rings is 1. The van der Waals surface area contributed by atoms with Crippen LogP contribution in [0.5, 0.6) is 11.5 Å². The van der Waals surface area contributed by atoms with Crippen LogP contribution in [-0.2, 0) is 11.8 Å². The number of aliphatic hydroxyl groups is 1. The molecule has 2 aliphatic carbocycles. The first-order valence-electron chi connectivity index (χ1n) is 8.64. The molecule has 1 saturated heterocycles. The molecule has 4 aliphatic rings. The summed E-state index contributed by atoms with van der Waals surface area (Å²) in [5, 5.41) is 14.6. The molecule has 0 amide bonds. The van der Waals surface area contributed by atoms with Crippen molar-refractivity contribution >= 4 is 5.69 Å². The topological polar surface area (TPSA) is 90.7 Å². The van der Waals surface area contributed by atoms with Crippen LogP contribution in [0, 0.1) is 5.92 Å². The molecule has 7 heteroatoms. The number of nitrogens with zero attached hydrogens (tertiary/aromatic N) is 4. The van der Waals surface area contributed by atoms with Gasteiger partial charge in [-0.15, -0.1) is 0 Å². The zero-order chi connectivity index (χ0) is 17.3. The summed E-state index contributed by atoms with van der Waals surface area (Å²) in [6, 6.07) is 2.07. The van der Waals surface area contributed by atoms with E-state index in [0.29, 0.717) is 17.5 Å². The summed E-state index contributed by atoms with van der Waals surface area (Å²) in [6.07, 6.45) is 4.78. The number of methoxy groups -OCH3 is 1. The Hall–Kier alpha value is -2.21. The Labute approximate surface area is 145 Å². The number of rotatable bonds is 2. The van der Waals surface area contributed by atoms with Crippen LogP contribution >= 0.6 is 0 Å². The van der Waals surface area contributed by atoms with Crippen LogP contribution in [0.1, 0.15) is 17.5 Å². The number of hydrogen-bond acceptors (Lipinski definition) is 5. The van der Waals surface area contributed by atoms with Gasteiger partial charge in [0.15, 0.2) is 11.5 Å². The molecule has 1 spiro atoms. The van der Waals surface area contributed by atoms with E-state index in [1.165, 1.54) is 0 Å². The fourth-order valence-corrected chi connectivity index (χ4v) is 5.58. The Kier molecular flexibility index (Phi) is 2.96. The monoisotopic (exact) mass is 340 g/mol.